The van der Waals surface area contributed by atoms with Gasteiger partial charge in [0.2, 0.25) is 5.91 Å². The van der Waals surface area contributed by atoms with E-state index in [1.165, 1.54) is 23.2 Å². The van der Waals surface area contributed by atoms with Crippen LogP contribution in [0.4, 0.5) is 5.69 Å². The van der Waals surface area contributed by atoms with E-state index in [4.69, 9.17) is 0 Å². The average Bonchev–Trinajstić information content (AvgIpc) is 2.40. The number of nitrogens with zero attached hydrogens (tertiary/aromatic N) is 2. The zero-order valence-electron chi connectivity index (χ0n) is 12.6. The Morgan fingerprint density at radius 3 is 2.30 bits per heavy atom. The van der Waals surface area contributed by atoms with Crippen LogP contribution >= 0.6 is 0 Å². The molecule has 1 saturated carbocycles. The van der Waals surface area contributed by atoms with Gasteiger partial charge in [-0.15, -0.1) is 0 Å². The van der Waals surface area contributed by atoms with Crippen molar-refractivity contribution in [3.8, 4) is 0 Å². The maximum Gasteiger partial charge on any atom is 0.225 e. The molecule has 1 aliphatic carbocycles. The van der Waals surface area contributed by atoms with Gasteiger partial charge in [-0.2, -0.15) is 0 Å². The molecule has 1 saturated heterocycles. The molecule has 2 fully saturated rings. The van der Waals surface area contributed by atoms with E-state index in [0.717, 1.165) is 39.0 Å². The molecule has 1 heterocycles. The van der Waals surface area contributed by atoms with Gasteiger partial charge in [-0.05, 0) is 49.9 Å². The van der Waals surface area contributed by atoms with Crippen LogP contribution in [-0.4, -0.2) is 37.0 Å². The van der Waals surface area contributed by atoms with Crippen LogP contribution in [-0.2, 0) is 4.79 Å². The minimum Gasteiger partial charge on any atom is -0.368 e. The Hall–Kier alpha value is -1.51. The molecule has 2 aliphatic rings. The van der Waals surface area contributed by atoms with Gasteiger partial charge in [-0.1, -0.05) is 12.5 Å². The van der Waals surface area contributed by atoms with Crippen molar-refractivity contribution in [3.05, 3.63) is 29.3 Å². The SMILES string of the molecule is Cc1ccc(N2CCN(C(=O)C3CCC3)CC2)cc1C. The lowest BCUT2D eigenvalue weighted by molar-refractivity contribution is -0.138. The van der Waals surface area contributed by atoms with Crippen molar-refractivity contribution in [2.24, 2.45) is 5.92 Å². The van der Waals surface area contributed by atoms with Gasteiger partial charge in [0.25, 0.3) is 0 Å². The fourth-order valence-electron chi connectivity index (χ4n) is 3.02. The third-order valence-corrected chi connectivity index (χ3v) is 4.90. The number of anilines is 1. The van der Waals surface area contributed by atoms with Crippen LogP contribution < -0.4 is 4.90 Å². The van der Waals surface area contributed by atoms with Crippen molar-refractivity contribution in [2.45, 2.75) is 33.1 Å². The van der Waals surface area contributed by atoms with Crippen molar-refractivity contribution in [1.29, 1.82) is 0 Å². The molecule has 0 aromatic heterocycles. The molecule has 1 aliphatic heterocycles. The molecule has 1 amide bonds. The topological polar surface area (TPSA) is 23.6 Å². The van der Waals surface area contributed by atoms with Gasteiger partial charge in [0, 0.05) is 37.8 Å². The number of amides is 1. The summed E-state index contributed by atoms with van der Waals surface area (Å²) < 4.78 is 0. The zero-order chi connectivity index (χ0) is 14.1. The van der Waals surface area contributed by atoms with E-state index >= 15 is 0 Å². The van der Waals surface area contributed by atoms with Crippen LogP contribution in [0.1, 0.15) is 30.4 Å². The van der Waals surface area contributed by atoms with Gasteiger partial charge in [-0.25, -0.2) is 0 Å². The third-order valence-electron chi connectivity index (χ3n) is 4.90. The Balaban J connectivity index is 1.60. The predicted molar refractivity (Wildman–Crippen MR) is 82.1 cm³/mol. The summed E-state index contributed by atoms with van der Waals surface area (Å²) in [5.74, 6) is 0.735. The molecule has 0 bridgehead atoms. The molecular formula is C17H24N2O. The number of rotatable bonds is 2. The molecular weight excluding hydrogens is 248 g/mol. The number of piperazine rings is 1. The highest BCUT2D eigenvalue weighted by Crippen LogP contribution is 2.29. The molecule has 0 N–H and O–H groups in total. The second-order valence-corrected chi connectivity index (χ2v) is 6.21. The predicted octanol–water partition coefficient (Wildman–Crippen LogP) is 2.75. The van der Waals surface area contributed by atoms with E-state index in [1.807, 2.05) is 0 Å². The minimum atomic E-state index is 0.336. The van der Waals surface area contributed by atoms with Crippen molar-refractivity contribution in [3.63, 3.8) is 0 Å². The molecule has 0 unspecified atom stereocenters. The van der Waals surface area contributed by atoms with Gasteiger partial charge in [0.15, 0.2) is 0 Å². The fraction of sp³-hybridized carbons (Fsp3) is 0.588. The quantitative estimate of drug-likeness (QED) is 0.826. The standard InChI is InChI=1S/C17H24N2O/c1-13-6-7-16(12-14(13)2)18-8-10-19(11-9-18)17(20)15-4-3-5-15/h6-7,12,15H,3-5,8-11H2,1-2H3. The smallest absolute Gasteiger partial charge is 0.225 e. The highest BCUT2D eigenvalue weighted by molar-refractivity contribution is 5.79. The summed E-state index contributed by atoms with van der Waals surface area (Å²) in [7, 11) is 0. The first-order valence-corrected chi connectivity index (χ1v) is 7.76. The van der Waals surface area contributed by atoms with Crippen molar-refractivity contribution < 1.29 is 4.79 Å². The van der Waals surface area contributed by atoms with Crippen molar-refractivity contribution in [1.82, 2.24) is 4.90 Å². The van der Waals surface area contributed by atoms with Gasteiger partial charge < -0.3 is 9.80 Å². The van der Waals surface area contributed by atoms with Crippen LogP contribution in [0.15, 0.2) is 18.2 Å². The normalized spacial score (nSPS) is 19.9. The highest BCUT2D eigenvalue weighted by atomic mass is 16.2. The van der Waals surface area contributed by atoms with Gasteiger partial charge in [-0.3, -0.25) is 4.79 Å². The molecule has 108 valence electrons. The number of hydrogen-bond donors (Lipinski definition) is 0. The summed E-state index contributed by atoms with van der Waals surface area (Å²) in [4.78, 5) is 16.7. The van der Waals surface area contributed by atoms with Gasteiger partial charge >= 0.3 is 0 Å². The minimum absolute atomic E-state index is 0.336. The summed E-state index contributed by atoms with van der Waals surface area (Å²) in [5.41, 5.74) is 3.98. The van der Waals surface area contributed by atoms with Gasteiger partial charge in [0.05, 0.1) is 0 Å². The van der Waals surface area contributed by atoms with Crippen LogP contribution in [0.25, 0.3) is 0 Å². The van der Waals surface area contributed by atoms with Crippen LogP contribution in [0, 0.1) is 19.8 Å². The Bertz CT molecular complexity index is 500. The summed E-state index contributed by atoms with van der Waals surface area (Å²) in [6.45, 7) is 7.98. The number of carbonyl (C=O) groups is 1. The Morgan fingerprint density at radius 2 is 1.75 bits per heavy atom. The van der Waals surface area contributed by atoms with E-state index in [0.29, 0.717) is 11.8 Å². The Morgan fingerprint density at radius 1 is 1.05 bits per heavy atom. The largest absolute Gasteiger partial charge is 0.368 e. The number of carbonyl (C=O) groups excluding carboxylic acids is 1. The zero-order valence-corrected chi connectivity index (χ0v) is 12.6. The van der Waals surface area contributed by atoms with E-state index in [-0.39, 0.29) is 0 Å². The van der Waals surface area contributed by atoms with Crippen LogP contribution in [0.3, 0.4) is 0 Å². The molecule has 3 rings (SSSR count). The lowest BCUT2D eigenvalue weighted by atomic mass is 9.84. The summed E-state index contributed by atoms with van der Waals surface area (Å²) >= 11 is 0. The number of aryl methyl sites for hydroxylation is 2. The second-order valence-electron chi connectivity index (χ2n) is 6.21. The van der Waals surface area contributed by atoms with E-state index in [1.54, 1.807) is 0 Å². The molecule has 0 spiro atoms. The first-order valence-electron chi connectivity index (χ1n) is 7.76. The lowest BCUT2D eigenvalue weighted by Gasteiger charge is -2.39. The van der Waals surface area contributed by atoms with Crippen molar-refractivity contribution >= 4 is 11.6 Å². The first kappa shape index (κ1) is 13.5. The fourth-order valence-corrected chi connectivity index (χ4v) is 3.02. The van der Waals surface area contributed by atoms with E-state index in [9.17, 15) is 4.79 Å². The summed E-state index contributed by atoms with van der Waals surface area (Å²) in [5, 5.41) is 0. The highest BCUT2D eigenvalue weighted by Gasteiger charge is 2.31. The third kappa shape index (κ3) is 2.54. The maximum absolute atomic E-state index is 12.2. The Labute approximate surface area is 121 Å². The maximum atomic E-state index is 12.2. The Kier molecular flexibility index (Phi) is 3.68. The molecule has 1 aromatic carbocycles. The summed E-state index contributed by atoms with van der Waals surface area (Å²) in [6.07, 6.45) is 3.45. The lowest BCUT2D eigenvalue weighted by Crippen LogP contribution is -2.51. The molecule has 3 heteroatoms. The second kappa shape index (κ2) is 5.47. The molecule has 1 aromatic rings. The van der Waals surface area contributed by atoms with E-state index < -0.39 is 0 Å². The van der Waals surface area contributed by atoms with E-state index in [2.05, 4.69) is 41.8 Å². The molecule has 0 atom stereocenters. The first-order chi connectivity index (χ1) is 9.65. The number of hydrogen-bond acceptors (Lipinski definition) is 2. The molecule has 20 heavy (non-hydrogen) atoms. The van der Waals surface area contributed by atoms with Crippen molar-refractivity contribution in [2.75, 3.05) is 31.1 Å². The average molecular weight is 272 g/mol. The molecule has 0 radical (unpaired) electrons. The van der Waals surface area contributed by atoms with Gasteiger partial charge in [0.1, 0.15) is 0 Å². The summed E-state index contributed by atoms with van der Waals surface area (Å²) in [6, 6.07) is 6.65. The van der Waals surface area contributed by atoms with Crippen LogP contribution in [0.2, 0.25) is 0 Å². The monoisotopic (exact) mass is 272 g/mol. The number of benzene rings is 1. The van der Waals surface area contributed by atoms with Crippen LogP contribution in [0.5, 0.6) is 0 Å². The molecule has 3 nitrogen and oxygen atoms in total.